The Morgan fingerprint density at radius 1 is 1.47 bits per heavy atom. The number of carbonyl (C=O) groups excluding carboxylic acids is 1. The Hall–Kier alpha value is -1.84. The molecule has 90 valence electrons. The maximum atomic E-state index is 11.6. The van der Waals surface area contributed by atoms with E-state index in [0.29, 0.717) is 13.0 Å². The highest BCUT2D eigenvalue weighted by Gasteiger charge is 2.12. The van der Waals surface area contributed by atoms with Crippen molar-refractivity contribution in [2.24, 2.45) is 0 Å². The van der Waals surface area contributed by atoms with Crippen molar-refractivity contribution in [3.8, 4) is 0 Å². The van der Waals surface area contributed by atoms with Gasteiger partial charge in [-0.05, 0) is 32.4 Å². The number of pyridine rings is 1. The number of likely N-dealkylation sites (N-methyl/N-ethyl adjacent to an activating group) is 1. The van der Waals surface area contributed by atoms with Crippen LogP contribution in [0.1, 0.15) is 23.9 Å². The minimum Gasteiger partial charge on any atom is -0.356 e. The van der Waals surface area contributed by atoms with E-state index in [0.717, 1.165) is 22.6 Å². The van der Waals surface area contributed by atoms with Crippen molar-refractivity contribution in [3.05, 3.63) is 35.3 Å². The number of hydrogen-bond donors (Lipinski definition) is 1. The van der Waals surface area contributed by atoms with Gasteiger partial charge in [-0.1, -0.05) is 6.07 Å². The van der Waals surface area contributed by atoms with Gasteiger partial charge < -0.3 is 9.72 Å². The van der Waals surface area contributed by atoms with Crippen LogP contribution in [0.15, 0.2) is 18.3 Å². The van der Waals surface area contributed by atoms with Crippen LogP contribution >= 0.6 is 0 Å². The first-order valence-electron chi connectivity index (χ1n) is 5.83. The third-order valence-corrected chi connectivity index (χ3v) is 2.85. The predicted octanol–water partition coefficient (Wildman–Crippen LogP) is 1.63. The van der Waals surface area contributed by atoms with Crippen LogP contribution in [0, 0.1) is 13.8 Å². The van der Waals surface area contributed by atoms with Crippen LogP contribution in [0.25, 0.3) is 5.65 Å². The number of nitrogens with zero attached hydrogens (tertiary/aromatic N) is 2. The number of aromatic nitrogens is 2. The molecule has 2 heterocycles. The first kappa shape index (κ1) is 11.6. The maximum Gasteiger partial charge on any atom is 0.226 e. The predicted molar refractivity (Wildman–Crippen MR) is 67.1 cm³/mol. The highest BCUT2D eigenvalue weighted by Crippen LogP contribution is 2.15. The van der Waals surface area contributed by atoms with Crippen LogP contribution in [0.5, 0.6) is 0 Å². The summed E-state index contributed by atoms with van der Waals surface area (Å²) in [6.45, 7) is 6.55. The van der Waals surface area contributed by atoms with Crippen molar-refractivity contribution in [3.63, 3.8) is 0 Å². The summed E-state index contributed by atoms with van der Waals surface area (Å²) in [5.74, 6) is 0.0407. The van der Waals surface area contributed by atoms with Crippen molar-refractivity contribution in [2.45, 2.75) is 27.2 Å². The second-order valence-electron chi connectivity index (χ2n) is 4.16. The molecule has 4 nitrogen and oxygen atoms in total. The van der Waals surface area contributed by atoms with Crippen LogP contribution in [0.4, 0.5) is 0 Å². The van der Waals surface area contributed by atoms with Crippen LogP contribution in [0.2, 0.25) is 0 Å². The van der Waals surface area contributed by atoms with Gasteiger partial charge in [0.25, 0.3) is 0 Å². The summed E-state index contributed by atoms with van der Waals surface area (Å²) in [5.41, 5.74) is 3.95. The van der Waals surface area contributed by atoms with Crippen LogP contribution < -0.4 is 5.32 Å². The average molecular weight is 231 g/mol. The topological polar surface area (TPSA) is 46.4 Å². The van der Waals surface area contributed by atoms with Gasteiger partial charge in [-0.25, -0.2) is 4.98 Å². The zero-order valence-electron chi connectivity index (χ0n) is 10.4. The lowest BCUT2D eigenvalue weighted by atomic mass is 10.2. The number of hydrogen-bond acceptors (Lipinski definition) is 2. The van der Waals surface area contributed by atoms with Gasteiger partial charge in [0.1, 0.15) is 5.65 Å². The van der Waals surface area contributed by atoms with Gasteiger partial charge in [0.15, 0.2) is 0 Å². The Balaban J connectivity index is 2.43. The molecule has 0 radical (unpaired) electrons. The molecule has 0 spiro atoms. The van der Waals surface area contributed by atoms with Crippen LogP contribution in [-0.2, 0) is 11.2 Å². The molecule has 1 N–H and O–H groups in total. The van der Waals surface area contributed by atoms with E-state index in [1.165, 1.54) is 0 Å². The first-order chi connectivity index (χ1) is 8.13. The molecule has 2 aromatic rings. The third-order valence-electron chi connectivity index (χ3n) is 2.85. The van der Waals surface area contributed by atoms with E-state index in [9.17, 15) is 4.79 Å². The molecule has 4 heteroatoms. The summed E-state index contributed by atoms with van der Waals surface area (Å²) in [6.07, 6.45) is 2.33. The quantitative estimate of drug-likeness (QED) is 0.872. The van der Waals surface area contributed by atoms with Gasteiger partial charge in [-0.2, -0.15) is 0 Å². The average Bonchev–Trinajstić information content (AvgIpc) is 2.58. The van der Waals surface area contributed by atoms with Gasteiger partial charge in [0.2, 0.25) is 5.91 Å². The fourth-order valence-electron chi connectivity index (χ4n) is 1.99. The standard InChI is InChI=1S/C13H17N3O/c1-4-14-12(17)8-11-10(3)15-13-9(2)6-5-7-16(11)13/h5-7H,4,8H2,1-3H3,(H,14,17). The van der Waals surface area contributed by atoms with E-state index in [1.54, 1.807) is 0 Å². The van der Waals surface area contributed by atoms with E-state index in [-0.39, 0.29) is 5.91 Å². The first-order valence-corrected chi connectivity index (χ1v) is 5.83. The Bertz CT molecular complexity index is 557. The van der Waals surface area contributed by atoms with E-state index in [1.807, 2.05) is 43.5 Å². The Morgan fingerprint density at radius 2 is 2.24 bits per heavy atom. The van der Waals surface area contributed by atoms with Gasteiger partial charge in [0, 0.05) is 12.7 Å². The number of carbonyl (C=O) groups is 1. The second kappa shape index (κ2) is 4.57. The largest absolute Gasteiger partial charge is 0.356 e. The summed E-state index contributed by atoms with van der Waals surface area (Å²) < 4.78 is 2.00. The summed E-state index contributed by atoms with van der Waals surface area (Å²) in [4.78, 5) is 16.1. The zero-order valence-corrected chi connectivity index (χ0v) is 10.4. The van der Waals surface area contributed by atoms with E-state index in [2.05, 4.69) is 10.3 Å². The molecule has 0 saturated heterocycles. The minimum atomic E-state index is 0.0407. The third kappa shape index (κ3) is 2.16. The summed E-state index contributed by atoms with van der Waals surface area (Å²) in [6, 6.07) is 4.00. The second-order valence-corrected chi connectivity index (χ2v) is 4.16. The molecule has 17 heavy (non-hydrogen) atoms. The highest BCUT2D eigenvalue weighted by molar-refractivity contribution is 5.78. The highest BCUT2D eigenvalue weighted by atomic mass is 16.1. The summed E-state index contributed by atoms with van der Waals surface area (Å²) >= 11 is 0. The van der Waals surface area contributed by atoms with E-state index >= 15 is 0 Å². The SMILES string of the molecule is CCNC(=O)Cc1c(C)nc2c(C)cccn12. The molecule has 0 aliphatic carbocycles. The normalized spacial score (nSPS) is 10.8. The molecule has 1 amide bonds. The molecule has 0 atom stereocenters. The fraction of sp³-hybridized carbons (Fsp3) is 0.385. The van der Waals surface area contributed by atoms with E-state index in [4.69, 9.17) is 0 Å². The maximum absolute atomic E-state index is 11.6. The molecule has 0 aromatic carbocycles. The van der Waals surface area contributed by atoms with Crippen LogP contribution in [-0.4, -0.2) is 21.8 Å². The molecule has 0 unspecified atom stereocenters. The zero-order chi connectivity index (χ0) is 12.4. The molecule has 0 saturated carbocycles. The van der Waals surface area contributed by atoms with Crippen molar-refractivity contribution in [2.75, 3.05) is 6.54 Å². The molecule has 0 aliphatic heterocycles. The summed E-state index contributed by atoms with van der Waals surface area (Å²) in [5, 5.41) is 2.81. The smallest absolute Gasteiger partial charge is 0.226 e. The van der Waals surface area contributed by atoms with Gasteiger partial charge in [0.05, 0.1) is 17.8 Å². The molecular weight excluding hydrogens is 214 g/mol. The molecule has 0 aliphatic rings. The van der Waals surface area contributed by atoms with Crippen LogP contribution in [0.3, 0.4) is 0 Å². The Morgan fingerprint density at radius 3 is 2.94 bits per heavy atom. The number of amides is 1. The summed E-state index contributed by atoms with van der Waals surface area (Å²) in [7, 11) is 0. The van der Waals surface area contributed by atoms with Crippen molar-refractivity contribution >= 4 is 11.6 Å². The lowest BCUT2D eigenvalue weighted by Crippen LogP contribution is -2.25. The number of nitrogens with one attached hydrogen (secondary N) is 1. The monoisotopic (exact) mass is 231 g/mol. The van der Waals surface area contributed by atoms with Gasteiger partial charge in [-0.15, -0.1) is 0 Å². The Kier molecular flexibility index (Phi) is 3.13. The van der Waals surface area contributed by atoms with Crippen molar-refractivity contribution in [1.82, 2.24) is 14.7 Å². The Labute approximate surface area is 101 Å². The minimum absolute atomic E-state index is 0.0407. The lowest BCUT2D eigenvalue weighted by molar-refractivity contribution is -0.120. The number of imidazole rings is 1. The fourth-order valence-corrected chi connectivity index (χ4v) is 1.99. The number of fused-ring (bicyclic) bond motifs is 1. The van der Waals surface area contributed by atoms with Gasteiger partial charge >= 0.3 is 0 Å². The lowest BCUT2D eigenvalue weighted by Gasteiger charge is -2.04. The van der Waals surface area contributed by atoms with Gasteiger partial charge in [-0.3, -0.25) is 4.79 Å². The van der Waals surface area contributed by atoms with Crippen molar-refractivity contribution in [1.29, 1.82) is 0 Å². The molecule has 0 fully saturated rings. The number of rotatable bonds is 3. The molecule has 0 bridgehead atoms. The molecular formula is C13H17N3O. The molecule has 2 aromatic heterocycles. The molecule has 2 rings (SSSR count). The van der Waals surface area contributed by atoms with E-state index < -0.39 is 0 Å². The van der Waals surface area contributed by atoms with Crippen molar-refractivity contribution < 1.29 is 4.79 Å². The number of aryl methyl sites for hydroxylation is 2.